The average Bonchev–Trinajstić information content (AvgIpc) is 2.92. The van der Waals surface area contributed by atoms with Gasteiger partial charge in [0, 0.05) is 16.6 Å². The summed E-state index contributed by atoms with van der Waals surface area (Å²) < 4.78 is 34.6. The van der Waals surface area contributed by atoms with Gasteiger partial charge in [0.25, 0.3) is 6.08 Å². The van der Waals surface area contributed by atoms with Gasteiger partial charge in [-0.25, -0.2) is 18.8 Å². The number of rotatable bonds is 5. The van der Waals surface area contributed by atoms with E-state index >= 15 is 0 Å². The van der Waals surface area contributed by atoms with Crippen LogP contribution in [0.4, 0.5) is 13.6 Å². The van der Waals surface area contributed by atoms with E-state index in [1.54, 1.807) is 32.9 Å². The third-order valence-corrected chi connectivity index (χ3v) is 4.54. The van der Waals surface area contributed by atoms with Gasteiger partial charge in [0.05, 0.1) is 12.2 Å². The minimum absolute atomic E-state index is 0.441. The third kappa shape index (κ3) is 5.51. The molecule has 0 atom stereocenters. The first kappa shape index (κ1) is 21.8. The van der Waals surface area contributed by atoms with E-state index in [-0.39, 0.29) is 0 Å². The lowest BCUT2D eigenvalue weighted by atomic mass is 10.2. The molecule has 0 radical (unpaired) electrons. The first-order valence-corrected chi connectivity index (χ1v) is 9.18. The van der Waals surface area contributed by atoms with Crippen molar-refractivity contribution in [3.05, 3.63) is 56.7 Å². The Morgan fingerprint density at radius 3 is 2.61 bits per heavy atom. The Hall–Kier alpha value is -2.49. The van der Waals surface area contributed by atoms with Gasteiger partial charge in [-0.2, -0.15) is 13.9 Å². The van der Waals surface area contributed by atoms with Crippen LogP contribution in [0.5, 0.6) is 0 Å². The fourth-order valence-corrected chi connectivity index (χ4v) is 2.68. The summed E-state index contributed by atoms with van der Waals surface area (Å²) in [5.74, 6) is 0. The summed E-state index contributed by atoms with van der Waals surface area (Å²) >= 11 is 3.39. The lowest BCUT2D eigenvalue weighted by Gasteiger charge is -2.19. The topological polar surface area (TPSA) is 78.2 Å². The number of hydrogen-bond donors (Lipinski definition) is 1. The minimum Gasteiger partial charge on any atom is -0.444 e. The zero-order valence-electron chi connectivity index (χ0n) is 15.9. The van der Waals surface area contributed by atoms with Gasteiger partial charge in [-0.05, 0) is 45.4 Å². The van der Waals surface area contributed by atoms with Crippen LogP contribution >= 0.6 is 15.9 Å². The maximum absolute atomic E-state index is 13.3. The number of nitrogens with zero attached hydrogens (tertiary/aromatic N) is 3. The maximum Gasteiger partial charge on any atom is 0.407 e. The number of carbonyl (C=O) groups is 1. The number of carbonyl (C=O) groups excluding carboxylic acids is 1. The highest BCUT2D eigenvalue weighted by atomic mass is 79.9. The molecule has 1 aromatic heterocycles. The van der Waals surface area contributed by atoms with Crippen LogP contribution in [0, 0.1) is 6.92 Å². The standard InChI is InChI=1S/C18H21BrF2N4O3/c1-11-13(19)6-5-7-14(11)24-10-23-25(17(24)27)9-12(15(20)21)8-22-16(26)28-18(2,3)4/h5-7,10H,8-9H2,1-4H3,(H,22,26). The molecular weight excluding hydrogens is 438 g/mol. The van der Waals surface area contributed by atoms with E-state index in [9.17, 15) is 18.4 Å². The highest BCUT2D eigenvalue weighted by molar-refractivity contribution is 9.10. The monoisotopic (exact) mass is 458 g/mol. The molecule has 152 valence electrons. The molecule has 0 spiro atoms. The summed E-state index contributed by atoms with van der Waals surface area (Å²) in [6.07, 6.45) is -1.54. The Balaban J connectivity index is 2.18. The summed E-state index contributed by atoms with van der Waals surface area (Å²) in [5.41, 5.74) is -0.368. The van der Waals surface area contributed by atoms with Crippen LogP contribution in [0.2, 0.25) is 0 Å². The predicted molar refractivity (Wildman–Crippen MR) is 104 cm³/mol. The predicted octanol–water partition coefficient (Wildman–Crippen LogP) is 3.78. The highest BCUT2D eigenvalue weighted by Crippen LogP contribution is 2.21. The van der Waals surface area contributed by atoms with Crippen LogP contribution in [-0.2, 0) is 11.3 Å². The molecule has 0 saturated heterocycles. The molecule has 0 bridgehead atoms. The zero-order chi connectivity index (χ0) is 21.1. The zero-order valence-corrected chi connectivity index (χ0v) is 17.5. The molecule has 0 unspecified atom stereocenters. The van der Waals surface area contributed by atoms with Crippen molar-refractivity contribution in [1.82, 2.24) is 19.7 Å². The molecule has 0 fully saturated rings. The van der Waals surface area contributed by atoms with Gasteiger partial charge < -0.3 is 10.1 Å². The summed E-state index contributed by atoms with van der Waals surface area (Å²) in [7, 11) is 0. The molecule has 0 aliphatic carbocycles. The van der Waals surface area contributed by atoms with Crippen LogP contribution in [0.1, 0.15) is 26.3 Å². The van der Waals surface area contributed by atoms with Gasteiger partial charge in [-0.3, -0.25) is 0 Å². The number of nitrogens with one attached hydrogen (secondary N) is 1. The van der Waals surface area contributed by atoms with Crippen molar-refractivity contribution < 1.29 is 18.3 Å². The smallest absolute Gasteiger partial charge is 0.407 e. The summed E-state index contributed by atoms with van der Waals surface area (Å²) in [5, 5.41) is 6.17. The summed E-state index contributed by atoms with van der Waals surface area (Å²) in [6, 6.07) is 5.31. The molecule has 2 rings (SSSR count). The van der Waals surface area contributed by atoms with Gasteiger partial charge in [0.1, 0.15) is 11.9 Å². The Kier molecular flexibility index (Phi) is 6.76. The lowest BCUT2D eigenvalue weighted by molar-refractivity contribution is 0.0531. The number of aromatic nitrogens is 3. The van der Waals surface area contributed by atoms with E-state index in [1.165, 1.54) is 10.9 Å². The van der Waals surface area contributed by atoms with Crippen molar-refractivity contribution in [2.24, 2.45) is 0 Å². The Morgan fingerprint density at radius 2 is 2.00 bits per heavy atom. The maximum atomic E-state index is 13.3. The van der Waals surface area contributed by atoms with E-state index in [0.717, 1.165) is 14.7 Å². The molecule has 28 heavy (non-hydrogen) atoms. The molecule has 1 N–H and O–H groups in total. The number of amides is 1. The minimum atomic E-state index is -1.99. The Bertz CT molecular complexity index is 956. The van der Waals surface area contributed by atoms with Crippen molar-refractivity contribution in [3.63, 3.8) is 0 Å². The Morgan fingerprint density at radius 1 is 1.32 bits per heavy atom. The van der Waals surface area contributed by atoms with E-state index in [0.29, 0.717) is 5.69 Å². The largest absolute Gasteiger partial charge is 0.444 e. The van der Waals surface area contributed by atoms with Crippen LogP contribution in [-0.4, -0.2) is 32.6 Å². The van der Waals surface area contributed by atoms with Crippen molar-refractivity contribution in [2.45, 2.75) is 39.8 Å². The van der Waals surface area contributed by atoms with Crippen LogP contribution in [0.3, 0.4) is 0 Å². The first-order chi connectivity index (χ1) is 13.0. The molecule has 0 saturated carbocycles. The quantitative estimate of drug-likeness (QED) is 0.739. The molecule has 0 aliphatic rings. The van der Waals surface area contributed by atoms with Gasteiger partial charge in [-0.1, -0.05) is 22.0 Å². The fraction of sp³-hybridized carbons (Fsp3) is 0.389. The van der Waals surface area contributed by atoms with Crippen molar-refractivity contribution >= 4 is 22.0 Å². The number of halogens is 3. The van der Waals surface area contributed by atoms with Crippen LogP contribution in [0.15, 0.2) is 45.4 Å². The highest BCUT2D eigenvalue weighted by Gasteiger charge is 2.18. The summed E-state index contributed by atoms with van der Waals surface area (Å²) in [6.45, 7) is 5.88. The fourth-order valence-electron chi connectivity index (χ4n) is 2.32. The average molecular weight is 459 g/mol. The van der Waals surface area contributed by atoms with E-state index < -0.39 is 42.1 Å². The second kappa shape index (κ2) is 8.68. The lowest BCUT2D eigenvalue weighted by Crippen LogP contribution is -2.35. The Labute approximate surface area is 169 Å². The van der Waals surface area contributed by atoms with E-state index in [4.69, 9.17) is 4.74 Å². The van der Waals surface area contributed by atoms with Crippen molar-refractivity contribution in [3.8, 4) is 5.69 Å². The van der Waals surface area contributed by atoms with Gasteiger partial charge in [0.15, 0.2) is 0 Å². The van der Waals surface area contributed by atoms with Gasteiger partial charge >= 0.3 is 11.8 Å². The second-order valence-corrected chi connectivity index (χ2v) is 7.90. The van der Waals surface area contributed by atoms with Crippen LogP contribution < -0.4 is 11.0 Å². The summed E-state index contributed by atoms with van der Waals surface area (Å²) in [4.78, 5) is 24.3. The van der Waals surface area contributed by atoms with Gasteiger partial charge in [0.2, 0.25) is 0 Å². The number of ether oxygens (including phenoxy) is 1. The van der Waals surface area contributed by atoms with Crippen molar-refractivity contribution in [2.75, 3.05) is 6.54 Å². The third-order valence-electron chi connectivity index (χ3n) is 3.68. The number of benzene rings is 1. The molecule has 1 heterocycles. The normalized spacial score (nSPS) is 11.2. The molecule has 0 aliphatic heterocycles. The molecule has 1 amide bonds. The van der Waals surface area contributed by atoms with Crippen LogP contribution in [0.25, 0.3) is 5.69 Å². The van der Waals surface area contributed by atoms with E-state index in [1.807, 2.05) is 13.0 Å². The SMILES string of the molecule is Cc1c(Br)cccc1-n1cnn(CC(CNC(=O)OC(C)(C)C)=C(F)F)c1=O. The molecular formula is C18H21BrF2N4O3. The molecule has 1 aromatic carbocycles. The van der Waals surface area contributed by atoms with Crippen molar-refractivity contribution in [1.29, 1.82) is 0 Å². The first-order valence-electron chi connectivity index (χ1n) is 8.39. The molecule has 7 nitrogen and oxygen atoms in total. The van der Waals surface area contributed by atoms with Gasteiger partial charge in [-0.15, -0.1) is 0 Å². The number of alkyl carbamates (subject to hydrolysis) is 1. The number of hydrogen-bond acceptors (Lipinski definition) is 4. The second-order valence-electron chi connectivity index (χ2n) is 7.04. The molecule has 2 aromatic rings. The van der Waals surface area contributed by atoms with E-state index in [2.05, 4.69) is 26.3 Å². The molecule has 10 heteroatoms.